The van der Waals surface area contributed by atoms with Gasteiger partial charge in [-0.25, -0.2) is 19.3 Å². The molecule has 1 aromatic carbocycles. The lowest BCUT2D eigenvalue weighted by Crippen LogP contribution is -2.54. The zero-order valence-corrected chi connectivity index (χ0v) is 16.9. The normalized spacial score (nSPS) is 13.6. The van der Waals surface area contributed by atoms with Crippen LogP contribution in [-0.4, -0.2) is 40.1 Å². The summed E-state index contributed by atoms with van der Waals surface area (Å²) in [6.45, 7) is 3.05. The van der Waals surface area contributed by atoms with E-state index in [0.717, 1.165) is 12.0 Å². The van der Waals surface area contributed by atoms with Crippen LogP contribution in [0.2, 0.25) is 5.02 Å². The summed E-state index contributed by atoms with van der Waals surface area (Å²) in [5.41, 5.74) is 1.28. The average molecular weight is 428 g/mol. The summed E-state index contributed by atoms with van der Waals surface area (Å²) >= 11 is 5.79. The molecule has 154 valence electrons. The number of nitrogens with zero attached hydrogens (tertiary/aromatic N) is 4. The maximum Gasteiger partial charge on any atom is 0.279 e. The van der Waals surface area contributed by atoms with E-state index in [0.29, 0.717) is 30.5 Å². The maximum atomic E-state index is 13.3. The predicted molar refractivity (Wildman–Crippen MR) is 112 cm³/mol. The number of rotatable bonds is 6. The van der Waals surface area contributed by atoms with Gasteiger partial charge in [0.25, 0.3) is 5.91 Å². The number of benzene rings is 1. The van der Waals surface area contributed by atoms with Crippen molar-refractivity contribution in [2.24, 2.45) is 0 Å². The van der Waals surface area contributed by atoms with E-state index < -0.39 is 5.82 Å². The number of hydrogen-bond acceptors (Lipinski definition) is 6. The number of ether oxygens (including phenoxy) is 1. The topological polar surface area (TPSA) is 80.2 Å². The standard InChI is InChI=1S/C21H19ClFN5O2/c1-2-13-5-6-24-18(9-13)27-21(29)19-20(26-8-7-25-19)28-11-15(12-28)30-14-3-4-17(23)16(22)10-14/h3-10,15H,2,11-12H2,1H3,(H,24,27,29). The van der Waals surface area contributed by atoms with Gasteiger partial charge in [-0.1, -0.05) is 18.5 Å². The Hall–Kier alpha value is -3.26. The molecule has 1 fully saturated rings. The van der Waals surface area contributed by atoms with Crippen LogP contribution in [0.5, 0.6) is 5.75 Å². The van der Waals surface area contributed by atoms with Crippen LogP contribution in [0.25, 0.3) is 0 Å². The van der Waals surface area contributed by atoms with E-state index >= 15 is 0 Å². The monoisotopic (exact) mass is 427 g/mol. The van der Waals surface area contributed by atoms with Gasteiger partial charge in [-0.05, 0) is 36.2 Å². The number of hydrogen-bond donors (Lipinski definition) is 1. The zero-order chi connectivity index (χ0) is 21.1. The summed E-state index contributed by atoms with van der Waals surface area (Å²) in [5, 5.41) is 2.79. The number of anilines is 2. The molecule has 0 aliphatic carbocycles. The van der Waals surface area contributed by atoms with Crippen LogP contribution in [0.4, 0.5) is 16.0 Å². The van der Waals surface area contributed by atoms with Crippen LogP contribution in [0, 0.1) is 5.82 Å². The fraction of sp³-hybridized carbons (Fsp3) is 0.238. The van der Waals surface area contributed by atoms with Crippen LogP contribution >= 0.6 is 11.6 Å². The quantitative estimate of drug-likeness (QED) is 0.645. The van der Waals surface area contributed by atoms with Crippen molar-refractivity contribution in [2.75, 3.05) is 23.3 Å². The number of nitrogens with one attached hydrogen (secondary N) is 1. The van der Waals surface area contributed by atoms with Crippen LogP contribution in [0.3, 0.4) is 0 Å². The second kappa shape index (κ2) is 8.62. The van der Waals surface area contributed by atoms with Crippen molar-refractivity contribution in [2.45, 2.75) is 19.4 Å². The first-order chi connectivity index (χ1) is 14.5. The largest absolute Gasteiger partial charge is 0.487 e. The van der Waals surface area contributed by atoms with E-state index in [1.165, 1.54) is 30.6 Å². The van der Waals surface area contributed by atoms with Crippen molar-refractivity contribution in [1.82, 2.24) is 15.0 Å². The molecule has 1 aliphatic heterocycles. The van der Waals surface area contributed by atoms with Crippen LogP contribution in [0.1, 0.15) is 23.0 Å². The highest BCUT2D eigenvalue weighted by atomic mass is 35.5. The highest BCUT2D eigenvalue weighted by Gasteiger charge is 2.33. The van der Waals surface area contributed by atoms with E-state index in [4.69, 9.17) is 16.3 Å². The maximum absolute atomic E-state index is 13.3. The fourth-order valence-corrected chi connectivity index (χ4v) is 3.26. The lowest BCUT2D eigenvalue weighted by Gasteiger charge is -2.40. The molecular formula is C21H19ClFN5O2. The van der Waals surface area contributed by atoms with E-state index in [-0.39, 0.29) is 22.7 Å². The Kier molecular flexibility index (Phi) is 5.76. The minimum Gasteiger partial charge on any atom is -0.487 e. The summed E-state index contributed by atoms with van der Waals surface area (Å²) in [7, 11) is 0. The first-order valence-corrected chi connectivity index (χ1v) is 9.85. The number of carbonyl (C=O) groups is 1. The molecule has 0 spiro atoms. The second-order valence-electron chi connectivity index (χ2n) is 6.81. The minimum absolute atomic E-state index is 0.0114. The van der Waals surface area contributed by atoms with E-state index in [2.05, 4.69) is 20.3 Å². The molecule has 30 heavy (non-hydrogen) atoms. The Morgan fingerprint density at radius 1 is 1.20 bits per heavy atom. The number of aryl methyl sites for hydroxylation is 1. The first-order valence-electron chi connectivity index (χ1n) is 9.47. The highest BCUT2D eigenvalue weighted by molar-refractivity contribution is 6.30. The third-order valence-electron chi connectivity index (χ3n) is 4.71. The van der Waals surface area contributed by atoms with Gasteiger partial charge in [0.05, 0.1) is 18.1 Å². The van der Waals surface area contributed by atoms with Gasteiger partial charge in [0.15, 0.2) is 11.5 Å². The fourth-order valence-electron chi connectivity index (χ4n) is 3.09. The van der Waals surface area contributed by atoms with E-state index in [1.54, 1.807) is 6.20 Å². The number of pyridine rings is 1. The van der Waals surface area contributed by atoms with Crippen molar-refractivity contribution in [3.05, 3.63) is 71.0 Å². The van der Waals surface area contributed by atoms with E-state index in [1.807, 2.05) is 24.0 Å². The summed E-state index contributed by atoms with van der Waals surface area (Å²) in [6, 6.07) is 7.97. The molecule has 0 saturated carbocycles. The Balaban J connectivity index is 1.42. The van der Waals surface area contributed by atoms with Gasteiger partial charge in [0, 0.05) is 24.7 Å². The molecule has 1 saturated heterocycles. The van der Waals surface area contributed by atoms with Crippen molar-refractivity contribution >= 4 is 29.1 Å². The smallest absolute Gasteiger partial charge is 0.279 e. The molecule has 3 heterocycles. The molecule has 9 heteroatoms. The molecule has 4 rings (SSSR count). The first kappa shape index (κ1) is 20.0. The van der Waals surface area contributed by atoms with Gasteiger partial charge < -0.3 is 15.0 Å². The molecule has 0 radical (unpaired) electrons. The highest BCUT2D eigenvalue weighted by Crippen LogP contribution is 2.27. The number of aromatic nitrogens is 3. The summed E-state index contributed by atoms with van der Waals surface area (Å²) in [6.07, 6.45) is 5.38. The molecule has 2 aromatic heterocycles. The molecule has 0 atom stereocenters. The second-order valence-corrected chi connectivity index (χ2v) is 7.21. The SMILES string of the molecule is CCc1ccnc(NC(=O)c2nccnc2N2CC(Oc3ccc(F)c(Cl)c3)C2)c1. The van der Waals surface area contributed by atoms with Gasteiger partial charge in [0.1, 0.15) is 23.5 Å². The number of amides is 1. The number of carbonyl (C=O) groups excluding carboxylic acids is 1. The molecule has 3 aromatic rings. The van der Waals surface area contributed by atoms with Gasteiger partial charge in [-0.2, -0.15) is 0 Å². The predicted octanol–water partition coefficient (Wildman–Crippen LogP) is 3.75. The van der Waals surface area contributed by atoms with Crippen LogP contribution in [-0.2, 0) is 6.42 Å². The third-order valence-corrected chi connectivity index (χ3v) is 5.00. The molecule has 0 unspecified atom stereocenters. The van der Waals surface area contributed by atoms with Gasteiger partial charge in [-0.15, -0.1) is 0 Å². The summed E-state index contributed by atoms with van der Waals surface area (Å²) in [4.78, 5) is 27.4. The molecule has 1 N–H and O–H groups in total. The average Bonchev–Trinajstić information content (AvgIpc) is 2.73. The van der Waals surface area contributed by atoms with Gasteiger partial charge in [0.2, 0.25) is 0 Å². The van der Waals surface area contributed by atoms with Gasteiger partial charge in [-0.3, -0.25) is 4.79 Å². The lowest BCUT2D eigenvalue weighted by atomic mass is 10.1. The molecule has 1 aliphatic rings. The van der Waals surface area contributed by atoms with Crippen molar-refractivity contribution in [1.29, 1.82) is 0 Å². The molecular weight excluding hydrogens is 409 g/mol. The summed E-state index contributed by atoms with van der Waals surface area (Å²) < 4.78 is 19.1. The Morgan fingerprint density at radius 2 is 2.00 bits per heavy atom. The Morgan fingerprint density at radius 3 is 2.77 bits per heavy atom. The van der Waals surface area contributed by atoms with E-state index in [9.17, 15) is 9.18 Å². The molecule has 7 nitrogen and oxygen atoms in total. The van der Waals surface area contributed by atoms with Crippen LogP contribution in [0.15, 0.2) is 48.9 Å². The lowest BCUT2D eigenvalue weighted by molar-refractivity contribution is 0.102. The Bertz CT molecular complexity index is 1070. The van der Waals surface area contributed by atoms with Crippen molar-refractivity contribution in [3.8, 4) is 5.75 Å². The van der Waals surface area contributed by atoms with Gasteiger partial charge >= 0.3 is 0 Å². The number of halogens is 2. The van der Waals surface area contributed by atoms with Crippen molar-refractivity contribution in [3.63, 3.8) is 0 Å². The van der Waals surface area contributed by atoms with Crippen molar-refractivity contribution < 1.29 is 13.9 Å². The molecule has 1 amide bonds. The van der Waals surface area contributed by atoms with Crippen LogP contribution < -0.4 is 15.0 Å². The third kappa shape index (κ3) is 4.33. The Labute approximate surface area is 177 Å². The molecule has 0 bridgehead atoms. The minimum atomic E-state index is -0.492. The zero-order valence-electron chi connectivity index (χ0n) is 16.2. The summed E-state index contributed by atoms with van der Waals surface area (Å²) in [5.74, 6) is 0.555.